The predicted molar refractivity (Wildman–Crippen MR) is 59.9 cm³/mol. The Morgan fingerprint density at radius 3 is 2.76 bits per heavy atom. The van der Waals surface area contributed by atoms with E-state index in [1.807, 2.05) is 0 Å². The van der Waals surface area contributed by atoms with Gasteiger partial charge in [0.2, 0.25) is 5.91 Å². The van der Waals surface area contributed by atoms with E-state index in [4.69, 9.17) is 6.42 Å². The van der Waals surface area contributed by atoms with Gasteiger partial charge in [-0.15, -0.1) is 6.42 Å². The maximum absolute atomic E-state index is 13.4. The van der Waals surface area contributed by atoms with Crippen molar-refractivity contribution in [2.75, 3.05) is 5.32 Å². The largest absolute Gasteiger partial charge is 0.340 e. The van der Waals surface area contributed by atoms with Crippen molar-refractivity contribution in [1.29, 1.82) is 0 Å². The zero-order chi connectivity index (χ0) is 12.6. The predicted octanol–water partition coefficient (Wildman–Crippen LogP) is 0.877. The second-order valence-corrected chi connectivity index (χ2v) is 3.67. The topological polar surface area (TPSA) is 58.2 Å². The van der Waals surface area contributed by atoms with E-state index >= 15 is 0 Å². The highest BCUT2D eigenvalue weighted by molar-refractivity contribution is 6.10. The summed E-state index contributed by atoms with van der Waals surface area (Å²) in [5.41, 5.74) is 0.108. The molecule has 17 heavy (non-hydrogen) atoms. The first kappa shape index (κ1) is 11.1. The van der Waals surface area contributed by atoms with Crippen LogP contribution in [0.1, 0.15) is 22.8 Å². The van der Waals surface area contributed by atoms with Gasteiger partial charge >= 0.3 is 0 Å². The third kappa shape index (κ3) is 1.74. The fourth-order valence-corrected chi connectivity index (χ4v) is 1.61. The van der Waals surface area contributed by atoms with Gasteiger partial charge in [0.25, 0.3) is 5.91 Å². The first-order valence-electron chi connectivity index (χ1n) is 4.95. The number of carbonyl (C=O) groups excluding carboxylic acids is 2. The Labute approximate surface area is 97.2 Å². The van der Waals surface area contributed by atoms with Gasteiger partial charge in [-0.3, -0.25) is 9.59 Å². The van der Waals surface area contributed by atoms with Crippen molar-refractivity contribution in [2.24, 2.45) is 0 Å². The third-order valence-corrected chi connectivity index (χ3v) is 2.53. The molecule has 0 bridgehead atoms. The van der Waals surface area contributed by atoms with E-state index in [0.717, 1.165) is 6.07 Å². The van der Waals surface area contributed by atoms with Crippen LogP contribution in [0.4, 0.5) is 10.1 Å². The van der Waals surface area contributed by atoms with Crippen LogP contribution in [0, 0.1) is 18.2 Å². The molecule has 0 spiro atoms. The van der Waals surface area contributed by atoms with Gasteiger partial charge in [-0.05, 0) is 19.1 Å². The summed E-state index contributed by atoms with van der Waals surface area (Å²) in [4.78, 5) is 23.3. The van der Waals surface area contributed by atoms with Crippen LogP contribution < -0.4 is 10.6 Å². The molecule has 1 aromatic carbocycles. The fraction of sp³-hybridized carbons (Fsp3) is 0.167. The van der Waals surface area contributed by atoms with E-state index in [1.54, 1.807) is 0 Å². The van der Waals surface area contributed by atoms with Gasteiger partial charge < -0.3 is 10.6 Å². The summed E-state index contributed by atoms with van der Waals surface area (Å²) in [5, 5.41) is 4.93. The number of carbonyl (C=O) groups is 2. The van der Waals surface area contributed by atoms with E-state index in [9.17, 15) is 14.0 Å². The zero-order valence-corrected chi connectivity index (χ0v) is 9.00. The van der Waals surface area contributed by atoms with Crippen LogP contribution in [0.25, 0.3) is 0 Å². The fourth-order valence-electron chi connectivity index (χ4n) is 1.61. The molecule has 0 aromatic heterocycles. The Balaban J connectivity index is 2.67. The summed E-state index contributed by atoms with van der Waals surface area (Å²) in [7, 11) is 0. The highest BCUT2D eigenvalue weighted by Gasteiger charge is 2.27. The van der Waals surface area contributed by atoms with Crippen LogP contribution in [-0.4, -0.2) is 17.9 Å². The van der Waals surface area contributed by atoms with Crippen molar-refractivity contribution in [1.82, 2.24) is 5.32 Å². The van der Waals surface area contributed by atoms with Gasteiger partial charge in [-0.25, -0.2) is 4.39 Å². The molecule has 2 amide bonds. The number of anilines is 1. The number of halogens is 1. The Morgan fingerprint density at radius 2 is 2.12 bits per heavy atom. The second kappa shape index (κ2) is 3.91. The summed E-state index contributed by atoms with van der Waals surface area (Å²) >= 11 is 0. The average Bonchev–Trinajstić information content (AvgIpc) is 2.38. The monoisotopic (exact) mass is 232 g/mol. The molecule has 2 rings (SSSR count). The minimum Gasteiger partial charge on any atom is -0.340 e. The number of terminal acetylenes is 1. The maximum Gasteiger partial charge on any atom is 0.254 e. The lowest BCUT2D eigenvalue weighted by Crippen LogP contribution is -2.38. The summed E-state index contributed by atoms with van der Waals surface area (Å²) in [6.07, 6.45) is 5.18. The summed E-state index contributed by atoms with van der Waals surface area (Å²) in [6, 6.07) is 1.71. The minimum absolute atomic E-state index is 0.0550. The highest BCUT2D eigenvalue weighted by Crippen LogP contribution is 2.25. The molecule has 1 heterocycles. The molecule has 0 saturated carbocycles. The quantitative estimate of drug-likeness (QED) is 0.652. The van der Waals surface area contributed by atoms with E-state index in [1.165, 1.54) is 13.0 Å². The molecule has 5 heteroatoms. The molecule has 1 atom stereocenters. The lowest BCUT2D eigenvalue weighted by molar-refractivity contribution is -0.117. The van der Waals surface area contributed by atoms with Gasteiger partial charge in [-0.2, -0.15) is 0 Å². The first-order valence-corrected chi connectivity index (χ1v) is 4.95. The SMILES string of the molecule is C#Cc1c(F)ccc2c1NC(=O)C(C)NC2=O. The highest BCUT2D eigenvalue weighted by atomic mass is 19.1. The number of hydrogen-bond donors (Lipinski definition) is 2. The minimum atomic E-state index is -0.691. The molecular weight excluding hydrogens is 223 g/mol. The molecule has 0 aliphatic carbocycles. The standard InChI is InChI=1S/C12H9FN2O2/c1-3-7-9(13)5-4-8-10(7)15-11(16)6(2)14-12(8)17/h1,4-6H,2H3,(H,14,17)(H,15,16). The number of fused-ring (bicyclic) bond motifs is 1. The van der Waals surface area contributed by atoms with Crippen LogP contribution in [0.2, 0.25) is 0 Å². The Bertz CT molecular complexity index is 560. The van der Waals surface area contributed by atoms with E-state index < -0.39 is 23.7 Å². The maximum atomic E-state index is 13.4. The van der Waals surface area contributed by atoms with E-state index in [-0.39, 0.29) is 16.8 Å². The molecule has 1 aliphatic rings. The van der Waals surface area contributed by atoms with Gasteiger partial charge in [0.05, 0.1) is 16.8 Å². The van der Waals surface area contributed by atoms with Gasteiger partial charge in [0, 0.05) is 0 Å². The number of benzene rings is 1. The molecule has 0 radical (unpaired) electrons. The molecule has 0 saturated heterocycles. The van der Waals surface area contributed by atoms with Crippen molar-refractivity contribution < 1.29 is 14.0 Å². The molecule has 1 unspecified atom stereocenters. The lowest BCUT2D eigenvalue weighted by Gasteiger charge is -2.08. The summed E-state index contributed by atoms with van der Waals surface area (Å²) < 4.78 is 13.4. The number of amides is 2. The average molecular weight is 232 g/mol. The summed E-state index contributed by atoms with van der Waals surface area (Å²) in [6.45, 7) is 1.53. The van der Waals surface area contributed by atoms with Gasteiger partial charge in [0.15, 0.2) is 0 Å². The van der Waals surface area contributed by atoms with Crippen LogP contribution >= 0.6 is 0 Å². The van der Waals surface area contributed by atoms with Crippen molar-refractivity contribution in [3.05, 3.63) is 29.1 Å². The molecule has 1 aliphatic heterocycles. The molecular formula is C12H9FN2O2. The van der Waals surface area contributed by atoms with Crippen LogP contribution in [0.5, 0.6) is 0 Å². The van der Waals surface area contributed by atoms with E-state index in [2.05, 4.69) is 16.6 Å². The second-order valence-electron chi connectivity index (χ2n) is 3.67. The van der Waals surface area contributed by atoms with Crippen molar-refractivity contribution in [3.8, 4) is 12.3 Å². The third-order valence-electron chi connectivity index (χ3n) is 2.53. The Morgan fingerprint density at radius 1 is 1.41 bits per heavy atom. The van der Waals surface area contributed by atoms with Crippen molar-refractivity contribution >= 4 is 17.5 Å². The lowest BCUT2D eigenvalue weighted by atomic mass is 10.1. The number of rotatable bonds is 0. The Hall–Kier alpha value is -2.35. The van der Waals surface area contributed by atoms with Crippen molar-refractivity contribution in [2.45, 2.75) is 13.0 Å². The zero-order valence-electron chi connectivity index (χ0n) is 9.00. The smallest absolute Gasteiger partial charge is 0.254 e. The van der Waals surface area contributed by atoms with Gasteiger partial charge in [-0.1, -0.05) is 5.92 Å². The van der Waals surface area contributed by atoms with Gasteiger partial charge in [0.1, 0.15) is 11.9 Å². The number of nitrogens with one attached hydrogen (secondary N) is 2. The molecule has 0 fully saturated rings. The van der Waals surface area contributed by atoms with Crippen LogP contribution in [-0.2, 0) is 4.79 Å². The molecule has 86 valence electrons. The van der Waals surface area contributed by atoms with Crippen LogP contribution in [0.15, 0.2) is 12.1 Å². The summed E-state index contributed by atoms with van der Waals surface area (Å²) in [5.74, 6) is 0.605. The molecule has 2 N–H and O–H groups in total. The number of hydrogen-bond acceptors (Lipinski definition) is 2. The Kier molecular flexibility index (Phi) is 2.56. The normalized spacial score (nSPS) is 18.5. The van der Waals surface area contributed by atoms with E-state index in [0.29, 0.717) is 0 Å². The molecule has 4 nitrogen and oxygen atoms in total. The van der Waals surface area contributed by atoms with Crippen molar-refractivity contribution in [3.63, 3.8) is 0 Å². The van der Waals surface area contributed by atoms with Crippen LogP contribution in [0.3, 0.4) is 0 Å². The first-order chi connectivity index (χ1) is 8.04. The molecule has 1 aromatic rings.